The molecule has 1 saturated heterocycles. The van der Waals surface area contributed by atoms with Gasteiger partial charge in [0.25, 0.3) is 5.91 Å². The molecule has 3 amide bonds. The molecule has 1 aliphatic carbocycles. The Morgan fingerprint density at radius 1 is 1.38 bits per heavy atom. The molecule has 2 rings (SSSR count). The number of amides is 3. The van der Waals surface area contributed by atoms with Gasteiger partial charge in [0.1, 0.15) is 5.54 Å². The molecule has 0 aromatic carbocycles. The highest BCUT2D eigenvalue weighted by molar-refractivity contribution is 6.11. The van der Waals surface area contributed by atoms with Crippen molar-refractivity contribution in [2.75, 3.05) is 13.6 Å². The number of ketones is 1. The summed E-state index contributed by atoms with van der Waals surface area (Å²) in [4.78, 5) is 40.4. The minimum atomic E-state index is -0.869. The monoisotopic (exact) mass is 330 g/mol. The largest absolute Gasteiger partial charge is 0.327 e. The van der Waals surface area contributed by atoms with Crippen molar-refractivity contribution in [2.24, 2.45) is 11.8 Å². The molecule has 130 valence electrons. The maximum absolute atomic E-state index is 13.0. The summed E-state index contributed by atoms with van der Waals surface area (Å²) in [5.74, 6) is -0.104. The van der Waals surface area contributed by atoms with Gasteiger partial charge in [0, 0.05) is 12.6 Å². The Labute approximate surface area is 143 Å². The predicted molar refractivity (Wildman–Crippen MR) is 93.3 cm³/mol. The van der Waals surface area contributed by atoms with Crippen molar-refractivity contribution in [3.8, 4) is 0 Å². The highest BCUT2D eigenvalue weighted by Gasteiger charge is 2.58. The van der Waals surface area contributed by atoms with Gasteiger partial charge in [-0.1, -0.05) is 51.2 Å². The van der Waals surface area contributed by atoms with Crippen LogP contribution >= 0.6 is 0 Å². The van der Waals surface area contributed by atoms with Gasteiger partial charge in [-0.3, -0.25) is 14.5 Å². The third-order valence-electron chi connectivity index (χ3n) is 5.57. The number of allylic oxidation sites excluding steroid dienone is 3. The van der Waals surface area contributed by atoms with Crippen LogP contribution in [0.5, 0.6) is 0 Å². The molecule has 1 heterocycles. The minimum absolute atomic E-state index is 0.128. The molecule has 0 bridgehead atoms. The van der Waals surface area contributed by atoms with E-state index in [1.165, 1.54) is 17.1 Å². The minimum Gasteiger partial charge on any atom is -0.313 e. The van der Waals surface area contributed by atoms with Crippen molar-refractivity contribution in [1.29, 1.82) is 0 Å². The quantitative estimate of drug-likeness (QED) is 0.427. The lowest BCUT2D eigenvalue weighted by Crippen LogP contribution is -2.52. The van der Waals surface area contributed by atoms with Crippen LogP contribution < -0.4 is 0 Å². The Morgan fingerprint density at radius 2 is 2.04 bits per heavy atom. The van der Waals surface area contributed by atoms with E-state index in [1.807, 2.05) is 6.92 Å². The van der Waals surface area contributed by atoms with E-state index in [2.05, 4.69) is 20.1 Å². The van der Waals surface area contributed by atoms with Gasteiger partial charge in [0.05, 0.1) is 6.54 Å². The van der Waals surface area contributed by atoms with Crippen molar-refractivity contribution in [1.82, 2.24) is 9.80 Å². The molecule has 2 aliphatic rings. The summed E-state index contributed by atoms with van der Waals surface area (Å²) in [6.45, 7) is 10.9. The normalized spacial score (nSPS) is 30.5. The van der Waals surface area contributed by atoms with E-state index in [0.717, 1.165) is 24.2 Å². The SMILES string of the molecule is C=C/C=C\C(=C)C(=O)CN1C(=O)N(C)C(C)(C2CCCC2C)C1=O. The van der Waals surface area contributed by atoms with Gasteiger partial charge in [0.15, 0.2) is 5.78 Å². The van der Waals surface area contributed by atoms with Crippen LogP contribution in [0.1, 0.15) is 33.1 Å². The second-order valence-corrected chi connectivity index (χ2v) is 6.94. The molecule has 5 heteroatoms. The average molecular weight is 330 g/mol. The summed E-state index contributed by atoms with van der Waals surface area (Å²) in [6, 6.07) is -0.407. The molecular formula is C19H26N2O3. The van der Waals surface area contributed by atoms with Crippen LogP contribution in [0.15, 0.2) is 37.0 Å². The van der Waals surface area contributed by atoms with E-state index in [4.69, 9.17) is 0 Å². The molecule has 1 saturated carbocycles. The van der Waals surface area contributed by atoms with Crippen LogP contribution in [0.25, 0.3) is 0 Å². The summed E-state index contributed by atoms with van der Waals surface area (Å²) in [6.07, 6.45) is 7.73. The third kappa shape index (κ3) is 2.83. The lowest BCUT2D eigenvalue weighted by molar-refractivity contribution is -0.137. The molecule has 0 aromatic rings. The highest BCUT2D eigenvalue weighted by Crippen LogP contribution is 2.45. The third-order valence-corrected chi connectivity index (χ3v) is 5.57. The Bertz CT molecular complexity index is 622. The van der Waals surface area contributed by atoms with Crippen LogP contribution in [-0.2, 0) is 9.59 Å². The standard InChI is InChI=1S/C19H26N2O3/c1-6-7-9-14(3)16(22)12-21-17(23)19(4,20(5)18(21)24)15-11-8-10-13(15)2/h6-7,9,13,15H,1,3,8,10-12H2,2,4-5H3/b9-7-. The van der Waals surface area contributed by atoms with Gasteiger partial charge in [-0.05, 0) is 25.2 Å². The van der Waals surface area contributed by atoms with E-state index >= 15 is 0 Å². The van der Waals surface area contributed by atoms with Gasteiger partial charge >= 0.3 is 6.03 Å². The summed E-state index contributed by atoms with van der Waals surface area (Å²) >= 11 is 0. The van der Waals surface area contributed by atoms with E-state index < -0.39 is 11.6 Å². The Hall–Kier alpha value is -2.17. The zero-order valence-electron chi connectivity index (χ0n) is 14.7. The number of rotatable bonds is 6. The number of Topliss-reactive ketones (excluding diaryl/α,β-unsaturated/α-hetero) is 1. The average Bonchev–Trinajstić information content (AvgIpc) is 3.05. The van der Waals surface area contributed by atoms with Crippen LogP contribution in [0.2, 0.25) is 0 Å². The summed E-state index contributed by atoms with van der Waals surface area (Å²) in [7, 11) is 1.65. The van der Waals surface area contributed by atoms with E-state index in [-0.39, 0.29) is 29.7 Å². The molecule has 24 heavy (non-hydrogen) atoms. The zero-order chi connectivity index (χ0) is 18.1. The van der Waals surface area contributed by atoms with Crippen molar-refractivity contribution in [3.63, 3.8) is 0 Å². The smallest absolute Gasteiger partial charge is 0.313 e. The molecule has 3 unspecified atom stereocenters. The van der Waals surface area contributed by atoms with Gasteiger partial charge in [-0.25, -0.2) is 4.79 Å². The fraction of sp³-hybridized carbons (Fsp3) is 0.526. The first kappa shape index (κ1) is 18.2. The second kappa shape index (κ2) is 6.75. The molecule has 3 atom stereocenters. The number of imide groups is 1. The van der Waals surface area contributed by atoms with Crippen molar-refractivity contribution in [2.45, 2.75) is 38.6 Å². The lowest BCUT2D eigenvalue weighted by Gasteiger charge is -2.36. The lowest BCUT2D eigenvalue weighted by atomic mass is 9.78. The van der Waals surface area contributed by atoms with Crippen LogP contribution in [0.3, 0.4) is 0 Å². The van der Waals surface area contributed by atoms with E-state index in [1.54, 1.807) is 13.1 Å². The van der Waals surface area contributed by atoms with Crippen molar-refractivity contribution in [3.05, 3.63) is 37.0 Å². The molecule has 5 nitrogen and oxygen atoms in total. The Balaban J connectivity index is 2.21. The molecule has 2 fully saturated rings. The summed E-state index contributed by atoms with van der Waals surface area (Å²) < 4.78 is 0. The number of nitrogens with zero attached hydrogens (tertiary/aromatic N) is 2. The van der Waals surface area contributed by atoms with Crippen LogP contribution in [0.4, 0.5) is 4.79 Å². The molecule has 0 aromatic heterocycles. The van der Waals surface area contributed by atoms with Gasteiger partial charge in [-0.15, -0.1) is 0 Å². The number of urea groups is 1. The predicted octanol–water partition coefficient (Wildman–Crippen LogP) is 2.94. The van der Waals surface area contributed by atoms with Crippen molar-refractivity contribution >= 4 is 17.7 Å². The first-order chi connectivity index (χ1) is 11.2. The number of carbonyl (C=O) groups excluding carboxylic acids is 3. The van der Waals surface area contributed by atoms with Gasteiger partial charge in [0.2, 0.25) is 0 Å². The maximum atomic E-state index is 13.0. The fourth-order valence-electron chi connectivity index (χ4n) is 3.93. The first-order valence-corrected chi connectivity index (χ1v) is 8.36. The fourth-order valence-corrected chi connectivity index (χ4v) is 3.93. The van der Waals surface area contributed by atoms with Crippen LogP contribution in [0, 0.1) is 11.8 Å². The second-order valence-electron chi connectivity index (χ2n) is 6.94. The van der Waals surface area contributed by atoms with Gasteiger partial charge in [-0.2, -0.15) is 0 Å². The molecule has 0 N–H and O–H groups in total. The van der Waals surface area contributed by atoms with Gasteiger partial charge < -0.3 is 4.90 Å². The molecule has 1 aliphatic heterocycles. The summed E-state index contributed by atoms with van der Waals surface area (Å²) in [5.41, 5.74) is -0.619. The Morgan fingerprint density at radius 3 is 2.58 bits per heavy atom. The highest BCUT2D eigenvalue weighted by atomic mass is 16.2. The maximum Gasteiger partial charge on any atom is 0.327 e. The topological polar surface area (TPSA) is 57.7 Å². The van der Waals surface area contributed by atoms with Crippen molar-refractivity contribution < 1.29 is 14.4 Å². The number of carbonyl (C=O) groups is 3. The molecule has 0 radical (unpaired) electrons. The van der Waals surface area contributed by atoms with E-state index in [0.29, 0.717) is 5.92 Å². The number of likely N-dealkylation sites (N-methyl/N-ethyl adjacent to an activating group) is 1. The zero-order valence-corrected chi connectivity index (χ0v) is 14.7. The van der Waals surface area contributed by atoms with E-state index in [9.17, 15) is 14.4 Å². The van der Waals surface area contributed by atoms with Crippen LogP contribution in [-0.4, -0.2) is 46.7 Å². The summed E-state index contributed by atoms with van der Waals surface area (Å²) in [5, 5.41) is 0. The number of hydrogen-bond acceptors (Lipinski definition) is 3. The number of hydrogen-bond donors (Lipinski definition) is 0. The molecular weight excluding hydrogens is 304 g/mol. The first-order valence-electron chi connectivity index (χ1n) is 8.36. The Kier molecular flexibility index (Phi) is 5.11. The molecule has 0 spiro atoms.